The smallest absolute Gasteiger partial charge is 0.133 e. The molecule has 2 N–H and O–H groups in total. The predicted octanol–water partition coefficient (Wildman–Crippen LogP) is 1.74. The number of hydrogen-bond acceptors (Lipinski definition) is 2. The summed E-state index contributed by atoms with van der Waals surface area (Å²) in [5.41, 5.74) is 0.445. The maximum atomic E-state index is 13.5. The summed E-state index contributed by atoms with van der Waals surface area (Å²) in [6.07, 6.45) is 0. The van der Waals surface area contributed by atoms with E-state index in [9.17, 15) is 8.78 Å². The third-order valence-electron chi connectivity index (χ3n) is 2.28. The average Bonchev–Trinajstić information content (AvgIpc) is 2.23. The van der Waals surface area contributed by atoms with Gasteiger partial charge in [-0.05, 0) is 25.5 Å². The van der Waals surface area contributed by atoms with Crippen molar-refractivity contribution >= 4 is 0 Å². The zero-order valence-electron chi connectivity index (χ0n) is 8.85. The molecule has 0 aromatic heterocycles. The molecule has 0 aliphatic heterocycles. The summed E-state index contributed by atoms with van der Waals surface area (Å²) in [6.45, 7) is 3.36. The van der Waals surface area contributed by atoms with E-state index in [1.54, 1.807) is 13.8 Å². The topological polar surface area (TPSA) is 32.3 Å². The molecular formula is C11H15F2NO. The molecule has 15 heavy (non-hydrogen) atoms. The van der Waals surface area contributed by atoms with Crippen LogP contribution in [0, 0.1) is 18.6 Å². The van der Waals surface area contributed by atoms with E-state index in [4.69, 9.17) is 5.11 Å². The zero-order chi connectivity index (χ0) is 11.4. The monoisotopic (exact) mass is 215 g/mol. The van der Waals surface area contributed by atoms with Gasteiger partial charge in [-0.15, -0.1) is 0 Å². The van der Waals surface area contributed by atoms with Gasteiger partial charge in [0.15, 0.2) is 0 Å². The Kier molecular flexibility index (Phi) is 4.17. The average molecular weight is 215 g/mol. The van der Waals surface area contributed by atoms with Crippen LogP contribution in [0.3, 0.4) is 0 Å². The molecule has 0 aliphatic rings. The van der Waals surface area contributed by atoms with Crippen LogP contribution in [0.4, 0.5) is 8.78 Å². The lowest BCUT2D eigenvalue weighted by molar-refractivity contribution is 0.250. The Bertz CT molecular complexity index is 342. The van der Waals surface area contributed by atoms with Gasteiger partial charge in [0.25, 0.3) is 0 Å². The molecule has 1 atom stereocenters. The standard InChI is InChI=1S/C11H15F2NO/c1-7-3-4-10(12)9(11(7)13)5-14-8(2)6-15/h3-4,8,14-15H,5-6H2,1-2H3. The molecule has 0 aliphatic carbocycles. The highest BCUT2D eigenvalue weighted by atomic mass is 19.1. The normalized spacial score (nSPS) is 12.9. The van der Waals surface area contributed by atoms with E-state index in [0.29, 0.717) is 5.56 Å². The molecule has 1 aromatic carbocycles. The zero-order valence-corrected chi connectivity index (χ0v) is 8.85. The second kappa shape index (κ2) is 5.19. The molecule has 2 nitrogen and oxygen atoms in total. The van der Waals surface area contributed by atoms with Crippen LogP contribution < -0.4 is 5.32 Å². The van der Waals surface area contributed by atoms with E-state index in [2.05, 4.69) is 5.32 Å². The van der Waals surface area contributed by atoms with Gasteiger partial charge in [-0.3, -0.25) is 0 Å². The predicted molar refractivity (Wildman–Crippen MR) is 54.5 cm³/mol. The first-order valence-corrected chi connectivity index (χ1v) is 4.84. The third-order valence-corrected chi connectivity index (χ3v) is 2.28. The molecule has 84 valence electrons. The maximum Gasteiger partial charge on any atom is 0.133 e. The Morgan fingerprint density at radius 2 is 2.07 bits per heavy atom. The van der Waals surface area contributed by atoms with Crippen molar-refractivity contribution in [2.24, 2.45) is 0 Å². The second-order valence-electron chi connectivity index (χ2n) is 3.62. The van der Waals surface area contributed by atoms with Crippen molar-refractivity contribution in [1.29, 1.82) is 0 Å². The molecule has 1 unspecified atom stereocenters. The van der Waals surface area contributed by atoms with Crippen LogP contribution in [0.15, 0.2) is 12.1 Å². The van der Waals surface area contributed by atoms with Crippen LogP contribution in [-0.2, 0) is 6.54 Å². The lowest BCUT2D eigenvalue weighted by Gasteiger charge is -2.12. The number of hydrogen-bond donors (Lipinski definition) is 2. The highest BCUT2D eigenvalue weighted by Gasteiger charge is 2.11. The molecular weight excluding hydrogens is 200 g/mol. The van der Waals surface area contributed by atoms with Gasteiger partial charge in [-0.2, -0.15) is 0 Å². The number of nitrogens with one attached hydrogen (secondary N) is 1. The lowest BCUT2D eigenvalue weighted by atomic mass is 10.1. The second-order valence-corrected chi connectivity index (χ2v) is 3.62. The van der Waals surface area contributed by atoms with Gasteiger partial charge in [-0.25, -0.2) is 8.78 Å². The number of halogens is 2. The number of aryl methyl sites for hydroxylation is 1. The van der Waals surface area contributed by atoms with E-state index in [1.165, 1.54) is 12.1 Å². The summed E-state index contributed by atoms with van der Waals surface area (Å²) < 4.78 is 26.7. The van der Waals surface area contributed by atoms with E-state index in [-0.39, 0.29) is 24.8 Å². The molecule has 1 rings (SSSR count). The minimum atomic E-state index is -0.560. The Labute approximate surface area is 87.9 Å². The Morgan fingerprint density at radius 1 is 1.40 bits per heavy atom. The highest BCUT2D eigenvalue weighted by Crippen LogP contribution is 2.15. The van der Waals surface area contributed by atoms with Crippen molar-refractivity contribution in [2.45, 2.75) is 26.4 Å². The Balaban J connectivity index is 2.80. The number of aliphatic hydroxyl groups is 1. The molecule has 0 amide bonds. The van der Waals surface area contributed by atoms with Crippen molar-refractivity contribution < 1.29 is 13.9 Å². The molecule has 0 radical (unpaired) electrons. The number of aliphatic hydroxyl groups excluding tert-OH is 1. The first-order chi connectivity index (χ1) is 7.06. The fraction of sp³-hybridized carbons (Fsp3) is 0.455. The van der Waals surface area contributed by atoms with Gasteiger partial charge in [0.2, 0.25) is 0 Å². The van der Waals surface area contributed by atoms with Crippen molar-refractivity contribution in [1.82, 2.24) is 5.32 Å². The van der Waals surface area contributed by atoms with Gasteiger partial charge in [0.1, 0.15) is 11.6 Å². The first kappa shape index (κ1) is 12.1. The van der Waals surface area contributed by atoms with Crippen molar-refractivity contribution in [2.75, 3.05) is 6.61 Å². The molecule has 4 heteroatoms. The molecule has 0 saturated heterocycles. The summed E-state index contributed by atoms with van der Waals surface area (Å²) in [7, 11) is 0. The Morgan fingerprint density at radius 3 is 2.67 bits per heavy atom. The Hall–Kier alpha value is -1.00. The third kappa shape index (κ3) is 2.97. The van der Waals surface area contributed by atoms with E-state index < -0.39 is 11.6 Å². The van der Waals surface area contributed by atoms with Crippen LogP contribution in [0.1, 0.15) is 18.1 Å². The van der Waals surface area contributed by atoms with Crippen LogP contribution >= 0.6 is 0 Å². The molecule has 0 spiro atoms. The molecule has 0 heterocycles. The van der Waals surface area contributed by atoms with Crippen LogP contribution in [0.2, 0.25) is 0 Å². The van der Waals surface area contributed by atoms with Gasteiger partial charge in [0, 0.05) is 18.2 Å². The van der Waals surface area contributed by atoms with Gasteiger partial charge >= 0.3 is 0 Å². The highest BCUT2D eigenvalue weighted by molar-refractivity contribution is 5.26. The van der Waals surface area contributed by atoms with Crippen molar-refractivity contribution in [3.05, 3.63) is 34.9 Å². The summed E-state index contributed by atoms with van der Waals surface area (Å²) in [4.78, 5) is 0. The summed E-state index contributed by atoms with van der Waals surface area (Å²) in [5, 5.41) is 11.6. The molecule has 0 bridgehead atoms. The van der Waals surface area contributed by atoms with Gasteiger partial charge < -0.3 is 10.4 Å². The van der Waals surface area contributed by atoms with E-state index in [0.717, 1.165) is 0 Å². The fourth-order valence-corrected chi connectivity index (χ4v) is 1.22. The van der Waals surface area contributed by atoms with E-state index in [1.807, 2.05) is 0 Å². The number of rotatable bonds is 4. The van der Waals surface area contributed by atoms with E-state index >= 15 is 0 Å². The molecule has 1 aromatic rings. The SMILES string of the molecule is Cc1ccc(F)c(CNC(C)CO)c1F. The first-order valence-electron chi connectivity index (χ1n) is 4.84. The largest absolute Gasteiger partial charge is 0.395 e. The van der Waals surface area contributed by atoms with Crippen molar-refractivity contribution in [3.8, 4) is 0 Å². The van der Waals surface area contributed by atoms with Crippen LogP contribution in [0.25, 0.3) is 0 Å². The molecule has 0 fully saturated rings. The van der Waals surface area contributed by atoms with Gasteiger partial charge in [0.05, 0.1) is 6.61 Å². The van der Waals surface area contributed by atoms with Crippen LogP contribution in [0.5, 0.6) is 0 Å². The summed E-state index contributed by atoms with van der Waals surface area (Å²) in [6, 6.07) is 2.48. The van der Waals surface area contributed by atoms with Crippen molar-refractivity contribution in [3.63, 3.8) is 0 Å². The lowest BCUT2D eigenvalue weighted by Crippen LogP contribution is -2.29. The quantitative estimate of drug-likeness (QED) is 0.802. The van der Waals surface area contributed by atoms with Crippen LogP contribution in [-0.4, -0.2) is 17.8 Å². The maximum absolute atomic E-state index is 13.5. The number of benzene rings is 1. The minimum Gasteiger partial charge on any atom is -0.395 e. The fourth-order valence-electron chi connectivity index (χ4n) is 1.22. The molecule has 0 saturated carbocycles. The summed E-state index contributed by atoms with van der Waals surface area (Å²) >= 11 is 0. The van der Waals surface area contributed by atoms with Gasteiger partial charge in [-0.1, -0.05) is 6.07 Å². The minimum absolute atomic E-state index is 0.0234. The summed E-state index contributed by atoms with van der Waals surface area (Å²) in [5.74, 6) is -1.08.